The standard InChI is InChI=1S/C24H27N3O6/c1-3-31-23(26-24(28)33-16-18-8-5-4-6-9-18)17(2)22(21-10-7-15-32-21)25-19-11-13-20(14-12-19)27(29)30/h4-15,17,22-23,25H,3,16H2,1-2H3,(H,26,28)/t17-,22+,23?/m1/s1. The van der Waals surface area contributed by atoms with Crippen LogP contribution in [-0.2, 0) is 16.1 Å². The molecule has 0 saturated heterocycles. The lowest BCUT2D eigenvalue weighted by Crippen LogP contribution is -2.44. The van der Waals surface area contributed by atoms with Gasteiger partial charge in [0.05, 0.1) is 17.2 Å². The summed E-state index contributed by atoms with van der Waals surface area (Å²) in [6.45, 7) is 4.25. The number of non-ortho nitro benzene ring substituents is 1. The molecule has 0 spiro atoms. The molecule has 1 aromatic heterocycles. The van der Waals surface area contributed by atoms with Crippen molar-refractivity contribution in [2.45, 2.75) is 32.7 Å². The highest BCUT2D eigenvalue weighted by Crippen LogP contribution is 2.30. The van der Waals surface area contributed by atoms with Gasteiger partial charge in [-0.25, -0.2) is 4.79 Å². The molecule has 3 atom stereocenters. The number of nitrogens with one attached hydrogen (secondary N) is 2. The van der Waals surface area contributed by atoms with Crippen LogP contribution in [0.4, 0.5) is 16.2 Å². The lowest BCUT2D eigenvalue weighted by atomic mass is 9.97. The molecular formula is C24H27N3O6. The largest absolute Gasteiger partial charge is 0.467 e. The number of ether oxygens (including phenoxy) is 2. The van der Waals surface area contributed by atoms with Crippen molar-refractivity contribution >= 4 is 17.5 Å². The monoisotopic (exact) mass is 453 g/mol. The van der Waals surface area contributed by atoms with Gasteiger partial charge in [-0.15, -0.1) is 0 Å². The summed E-state index contributed by atoms with van der Waals surface area (Å²) in [5.41, 5.74) is 1.54. The summed E-state index contributed by atoms with van der Waals surface area (Å²) >= 11 is 0. The van der Waals surface area contributed by atoms with E-state index in [0.29, 0.717) is 18.1 Å². The number of amides is 1. The van der Waals surface area contributed by atoms with E-state index in [-0.39, 0.29) is 18.2 Å². The van der Waals surface area contributed by atoms with Crippen LogP contribution in [0.5, 0.6) is 0 Å². The minimum absolute atomic E-state index is 0.00170. The Balaban J connectivity index is 1.71. The van der Waals surface area contributed by atoms with E-state index in [0.717, 1.165) is 5.56 Å². The van der Waals surface area contributed by atoms with Crippen LogP contribution in [-0.4, -0.2) is 23.9 Å². The minimum Gasteiger partial charge on any atom is -0.467 e. The highest BCUT2D eigenvalue weighted by molar-refractivity contribution is 5.67. The first-order chi connectivity index (χ1) is 16.0. The fourth-order valence-electron chi connectivity index (χ4n) is 3.35. The molecule has 0 bridgehead atoms. The van der Waals surface area contributed by atoms with Gasteiger partial charge in [-0.1, -0.05) is 37.3 Å². The molecule has 0 aliphatic carbocycles. The first kappa shape index (κ1) is 23.8. The Labute approximate surface area is 191 Å². The number of alkyl carbamates (subject to hydrolysis) is 1. The molecular weight excluding hydrogens is 426 g/mol. The number of anilines is 1. The number of nitro benzene ring substituents is 1. The van der Waals surface area contributed by atoms with E-state index in [1.807, 2.05) is 50.2 Å². The van der Waals surface area contributed by atoms with E-state index < -0.39 is 23.3 Å². The summed E-state index contributed by atoms with van der Waals surface area (Å²) in [5, 5.41) is 17.1. The second-order valence-corrected chi connectivity index (χ2v) is 7.38. The van der Waals surface area contributed by atoms with Crippen molar-refractivity contribution in [3.05, 3.63) is 94.4 Å². The zero-order valence-corrected chi connectivity index (χ0v) is 18.5. The molecule has 3 rings (SSSR count). The van der Waals surface area contributed by atoms with Crippen LogP contribution >= 0.6 is 0 Å². The van der Waals surface area contributed by atoms with Gasteiger partial charge in [0.25, 0.3) is 5.69 Å². The van der Waals surface area contributed by atoms with Gasteiger partial charge in [-0.05, 0) is 36.8 Å². The minimum atomic E-state index is -0.682. The zero-order chi connectivity index (χ0) is 23.6. The van der Waals surface area contributed by atoms with Gasteiger partial charge >= 0.3 is 6.09 Å². The Morgan fingerprint density at radius 3 is 2.42 bits per heavy atom. The molecule has 174 valence electrons. The van der Waals surface area contributed by atoms with E-state index in [1.54, 1.807) is 24.5 Å². The number of nitrogens with zero attached hydrogens (tertiary/aromatic N) is 1. The molecule has 0 fully saturated rings. The molecule has 1 heterocycles. The molecule has 0 saturated carbocycles. The van der Waals surface area contributed by atoms with E-state index >= 15 is 0 Å². The first-order valence-corrected chi connectivity index (χ1v) is 10.6. The second kappa shape index (κ2) is 11.7. The molecule has 1 unspecified atom stereocenters. The molecule has 3 aromatic rings. The SMILES string of the molecule is CCOC(NC(=O)OCc1ccccc1)[C@H](C)[C@H](Nc1ccc([N+](=O)[O-])cc1)c1ccco1. The van der Waals surface area contributed by atoms with Crippen LogP contribution in [0.25, 0.3) is 0 Å². The predicted molar refractivity (Wildman–Crippen MR) is 123 cm³/mol. The number of carbonyl (C=O) groups excluding carboxylic acids is 1. The van der Waals surface area contributed by atoms with Gasteiger partial charge in [0.1, 0.15) is 18.6 Å². The number of hydrogen-bond donors (Lipinski definition) is 2. The average Bonchev–Trinajstić information content (AvgIpc) is 3.36. The third kappa shape index (κ3) is 6.81. The quantitative estimate of drug-likeness (QED) is 0.231. The Kier molecular flexibility index (Phi) is 8.43. The van der Waals surface area contributed by atoms with Crippen LogP contribution in [0.15, 0.2) is 77.4 Å². The molecule has 9 nitrogen and oxygen atoms in total. The Morgan fingerprint density at radius 2 is 1.82 bits per heavy atom. The smallest absolute Gasteiger partial charge is 0.409 e. The number of hydrogen-bond acceptors (Lipinski definition) is 7. The first-order valence-electron chi connectivity index (χ1n) is 10.6. The van der Waals surface area contributed by atoms with Gasteiger partial charge in [-0.2, -0.15) is 0 Å². The lowest BCUT2D eigenvalue weighted by Gasteiger charge is -2.31. The van der Waals surface area contributed by atoms with Crippen molar-refractivity contribution < 1.29 is 23.6 Å². The van der Waals surface area contributed by atoms with Crippen LogP contribution in [0, 0.1) is 16.0 Å². The summed E-state index contributed by atoms with van der Waals surface area (Å²) in [6, 6.07) is 18.7. The van der Waals surface area contributed by atoms with Crippen LogP contribution in [0.2, 0.25) is 0 Å². The third-order valence-corrected chi connectivity index (χ3v) is 5.07. The normalized spacial score (nSPS) is 13.5. The number of furan rings is 1. The summed E-state index contributed by atoms with van der Waals surface area (Å²) in [6.07, 6.45) is 0.278. The van der Waals surface area contributed by atoms with Gasteiger partial charge in [0.15, 0.2) is 0 Å². The maximum absolute atomic E-state index is 12.5. The Hall–Kier alpha value is -3.85. The van der Waals surface area contributed by atoms with Crippen molar-refractivity contribution in [2.75, 3.05) is 11.9 Å². The Bertz CT molecular complexity index is 1010. The molecule has 0 radical (unpaired) electrons. The van der Waals surface area contributed by atoms with Gasteiger partial charge < -0.3 is 19.2 Å². The average molecular weight is 453 g/mol. The van der Waals surface area contributed by atoms with E-state index in [9.17, 15) is 14.9 Å². The molecule has 9 heteroatoms. The second-order valence-electron chi connectivity index (χ2n) is 7.38. The van der Waals surface area contributed by atoms with E-state index in [2.05, 4.69) is 10.6 Å². The lowest BCUT2D eigenvalue weighted by molar-refractivity contribution is -0.384. The van der Waals surface area contributed by atoms with Crippen molar-refractivity contribution in [1.82, 2.24) is 5.32 Å². The summed E-state index contributed by atoms with van der Waals surface area (Å²) in [5.74, 6) is 0.334. The highest BCUT2D eigenvalue weighted by Gasteiger charge is 2.31. The van der Waals surface area contributed by atoms with Crippen molar-refractivity contribution in [3.63, 3.8) is 0 Å². The van der Waals surface area contributed by atoms with Crippen molar-refractivity contribution in [1.29, 1.82) is 0 Å². The van der Waals surface area contributed by atoms with Gasteiger partial charge in [0, 0.05) is 30.3 Å². The molecule has 2 N–H and O–H groups in total. The molecule has 1 amide bonds. The van der Waals surface area contributed by atoms with E-state index in [4.69, 9.17) is 13.9 Å². The number of nitro groups is 1. The molecule has 2 aromatic carbocycles. The highest BCUT2D eigenvalue weighted by atomic mass is 16.6. The van der Waals surface area contributed by atoms with E-state index in [1.165, 1.54) is 12.1 Å². The third-order valence-electron chi connectivity index (χ3n) is 5.07. The number of rotatable bonds is 11. The fraction of sp³-hybridized carbons (Fsp3) is 0.292. The summed E-state index contributed by atoms with van der Waals surface area (Å²) in [7, 11) is 0. The van der Waals surface area contributed by atoms with Gasteiger partial charge in [-0.3, -0.25) is 15.4 Å². The number of carbonyl (C=O) groups is 1. The summed E-state index contributed by atoms with van der Waals surface area (Å²) < 4.78 is 16.8. The van der Waals surface area contributed by atoms with Crippen LogP contribution < -0.4 is 10.6 Å². The zero-order valence-electron chi connectivity index (χ0n) is 18.5. The van der Waals surface area contributed by atoms with Crippen LogP contribution in [0.1, 0.15) is 31.2 Å². The topological polar surface area (TPSA) is 116 Å². The number of benzene rings is 2. The summed E-state index contributed by atoms with van der Waals surface area (Å²) in [4.78, 5) is 22.9. The Morgan fingerprint density at radius 1 is 1.09 bits per heavy atom. The molecule has 33 heavy (non-hydrogen) atoms. The van der Waals surface area contributed by atoms with Crippen molar-refractivity contribution in [2.24, 2.45) is 5.92 Å². The predicted octanol–water partition coefficient (Wildman–Crippen LogP) is 5.27. The van der Waals surface area contributed by atoms with Crippen LogP contribution in [0.3, 0.4) is 0 Å². The maximum Gasteiger partial charge on any atom is 0.409 e. The fourth-order valence-corrected chi connectivity index (χ4v) is 3.35. The maximum atomic E-state index is 12.5. The van der Waals surface area contributed by atoms with Crippen molar-refractivity contribution in [3.8, 4) is 0 Å². The van der Waals surface area contributed by atoms with Gasteiger partial charge in [0.2, 0.25) is 0 Å². The molecule has 0 aliphatic heterocycles. The molecule has 0 aliphatic rings.